The summed E-state index contributed by atoms with van der Waals surface area (Å²) in [5.41, 5.74) is 0. The van der Waals surface area contributed by atoms with E-state index < -0.39 is 18.0 Å². The first-order valence-electron chi connectivity index (χ1n) is 2.73. The highest BCUT2D eigenvalue weighted by atomic mass is 19.3. The molecule has 5 heteroatoms. The molecular formula is C6H8F2O3. The van der Waals surface area contributed by atoms with Crippen LogP contribution in [0.4, 0.5) is 8.78 Å². The first kappa shape index (κ1) is 10.0. The van der Waals surface area contributed by atoms with Crippen molar-refractivity contribution in [3.05, 3.63) is 12.7 Å². The number of esters is 1. The van der Waals surface area contributed by atoms with Crippen LogP contribution in [0, 0.1) is 0 Å². The van der Waals surface area contributed by atoms with Crippen molar-refractivity contribution in [2.45, 2.75) is 12.0 Å². The second kappa shape index (κ2) is 3.43. The molecule has 0 aliphatic heterocycles. The van der Waals surface area contributed by atoms with Crippen LogP contribution in [0.3, 0.4) is 0 Å². The summed E-state index contributed by atoms with van der Waals surface area (Å²) in [5.74, 6) is -5.01. The van der Waals surface area contributed by atoms with E-state index in [0.717, 1.165) is 7.11 Å². The lowest BCUT2D eigenvalue weighted by atomic mass is 10.2. The van der Waals surface area contributed by atoms with Crippen LogP contribution in [-0.4, -0.2) is 30.2 Å². The number of hydrogen-bond acceptors (Lipinski definition) is 3. The predicted molar refractivity (Wildman–Crippen MR) is 33.2 cm³/mol. The summed E-state index contributed by atoms with van der Waals surface area (Å²) in [5, 5.41) is 8.55. The average molecular weight is 166 g/mol. The van der Waals surface area contributed by atoms with Crippen molar-refractivity contribution in [2.24, 2.45) is 0 Å². The SMILES string of the molecule is C=CC(F)(F)C(O)C(=O)OC. The number of hydrogen-bond donors (Lipinski definition) is 1. The van der Waals surface area contributed by atoms with Gasteiger partial charge < -0.3 is 9.84 Å². The molecule has 0 aromatic carbocycles. The average Bonchev–Trinajstić information content (AvgIpc) is 2.01. The van der Waals surface area contributed by atoms with E-state index in [0.29, 0.717) is 0 Å². The Balaban J connectivity index is 4.34. The van der Waals surface area contributed by atoms with Crippen LogP contribution in [0.15, 0.2) is 12.7 Å². The molecule has 0 saturated carbocycles. The number of halogens is 2. The molecule has 0 heterocycles. The normalized spacial score (nSPS) is 13.8. The molecule has 1 unspecified atom stereocenters. The van der Waals surface area contributed by atoms with Gasteiger partial charge in [0.2, 0.25) is 6.10 Å². The Kier molecular flexibility index (Phi) is 3.13. The van der Waals surface area contributed by atoms with Gasteiger partial charge in [-0.1, -0.05) is 6.58 Å². The highest BCUT2D eigenvalue weighted by molar-refractivity contribution is 5.75. The van der Waals surface area contributed by atoms with Crippen LogP contribution in [0.5, 0.6) is 0 Å². The fourth-order valence-electron chi connectivity index (χ4n) is 0.380. The van der Waals surface area contributed by atoms with Gasteiger partial charge in [-0.25, -0.2) is 4.79 Å². The van der Waals surface area contributed by atoms with Gasteiger partial charge in [-0.2, -0.15) is 8.78 Å². The summed E-state index contributed by atoms with van der Waals surface area (Å²) in [6.45, 7) is 2.75. The van der Waals surface area contributed by atoms with Crippen LogP contribution >= 0.6 is 0 Å². The molecule has 11 heavy (non-hydrogen) atoms. The third-order valence-electron chi connectivity index (χ3n) is 1.06. The first-order chi connectivity index (χ1) is 4.95. The van der Waals surface area contributed by atoms with Gasteiger partial charge in [-0.3, -0.25) is 0 Å². The minimum atomic E-state index is -3.63. The zero-order valence-electron chi connectivity index (χ0n) is 5.88. The number of alkyl halides is 2. The standard InChI is InChI=1S/C6H8F2O3/c1-3-6(7,8)4(9)5(10)11-2/h3-4,9H,1H2,2H3. The van der Waals surface area contributed by atoms with Crippen molar-refractivity contribution in [2.75, 3.05) is 7.11 Å². The third kappa shape index (κ3) is 2.27. The summed E-state index contributed by atoms with van der Waals surface area (Å²) in [6, 6.07) is 0. The van der Waals surface area contributed by atoms with Gasteiger partial charge >= 0.3 is 11.9 Å². The molecule has 0 amide bonds. The number of carbonyl (C=O) groups excluding carboxylic acids is 1. The van der Waals surface area contributed by atoms with Crippen molar-refractivity contribution in [3.63, 3.8) is 0 Å². The number of methoxy groups -OCH3 is 1. The van der Waals surface area contributed by atoms with Gasteiger partial charge in [0, 0.05) is 0 Å². The van der Waals surface area contributed by atoms with Crippen molar-refractivity contribution < 1.29 is 23.4 Å². The van der Waals surface area contributed by atoms with Crippen LogP contribution in [0.25, 0.3) is 0 Å². The monoisotopic (exact) mass is 166 g/mol. The Morgan fingerprint density at radius 1 is 1.82 bits per heavy atom. The molecule has 0 rings (SSSR count). The quantitative estimate of drug-likeness (QED) is 0.485. The molecule has 0 spiro atoms. The van der Waals surface area contributed by atoms with Crippen molar-refractivity contribution in [1.82, 2.24) is 0 Å². The molecule has 0 aliphatic carbocycles. The molecule has 0 bridgehead atoms. The highest BCUT2D eigenvalue weighted by Crippen LogP contribution is 2.20. The summed E-state index contributed by atoms with van der Waals surface area (Å²) in [7, 11) is 0.907. The van der Waals surface area contributed by atoms with E-state index in [1.54, 1.807) is 0 Å². The summed E-state index contributed by atoms with van der Waals surface area (Å²) in [6.07, 6.45) is -2.28. The number of carbonyl (C=O) groups is 1. The number of rotatable bonds is 3. The Bertz CT molecular complexity index is 167. The maximum atomic E-state index is 12.3. The van der Waals surface area contributed by atoms with E-state index >= 15 is 0 Å². The third-order valence-corrected chi connectivity index (χ3v) is 1.06. The van der Waals surface area contributed by atoms with E-state index in [9.17, 15) is 13.6 Å². The Morgan fingerprint density at radius 3 is 2.55 bits per heavy atom. The fraction of sp³-hybridized carbons (Fsp3) is 0.500. The van der Waals surface area contributed by atoms with E-state index in [1.807, 2.05) is 0 Å². The lowest BCUT2D eigenvalue weighted by molar-refractivity contribution is -0.166. The van der Waals surface area contributed by atoms with Gasteiger partial charge in [-0.15, -0.1) is 0 Å². The van der Waals surface area contributed by atoms with Crippen LogP contribution in [0.2, 0.25) is 0 Å². The van der Waals surface area contributed by atoms with E-state index in [4.69, 9.17) is 5.11 Å². The van der Waals surface area contributed by atoms with Gasteiger partial charge in [0.25, 0.3) is 0 Å². The summed E-state index contributed by atoms with van der Waals surface area (Å²) in [4.78, 5) is 10.3. The molecule has 1 atom stereocenters. The van der Waals surface area contributed by atoms with Gasteiger partial charge in [-0.05, 0) is 6.08 Å². The van der Waals surface area contributed by atoms with Gasteiger partial charge in [0.15, 0.2) is 0 Å². The molecule has 0 radical (unpaired) electrons. The Morgan fingerprint density at radius 2 is 2.27 bits per heavy atom. The molecule has 0 aromatic rings. The van der Waals surface area contributed by atoms with E-state index in [2.05, 4.69) is 11.3 Å². The number of aliphatic hydroxyl groups excluding tert-OH is 1. The van der Waals surface area contributed by atoms with E-state index in [1.165, 1.54) is 0 Å². The number of ether oxygens (including phenoxy) is 1. The molecular weight excluding hydrogens is 158 g/mol. The molecule has 0 aliphatic rings. The predicted octanol–water partition coefficient (Wildman–Crippen LogP) is 0.342. The summed E-state index contributed by atoms with van der Waals surface area (Å²) >= 11 is 0. The van der Waals surface area contributed by atoms with Gasteiger partial charge in [0.05, 0.1) is 7.11 Å². The molecule has 1 N–H and O–H groups in total. The topological polar surface area (TPSA) is 46.5 Å². The minimum Gasteiger partial charge on any atom is -0.467 e. The lowest BCUT2D eigenvalue weighted by Gasteiger charge is -2.15. The molecule has 0 saturated heterocycles. The zero-order chi connectivity index (χ0) is 9.07. The van der Waals surface area contributed by atoms with Gasteiger partial charge in [0.1, 0.15) is 0 Å². The van der Waals surface area contributed by atoms with Crippen molar-refractivity contribution >= 4 is 5.97 Å². The zero-order valence-corrected chi connectivity index (χ0v) is 5.88. The smallest absolute Gasteiger partial charge is 0.341 e. The molecule has 3 nitrogen and oxygen atoms in total. The second-order valence-electron chi connectivity index (χ2n) is 1.80. The largest absolute Gasteiger partial charge is 0.467 e. The first-order valence-corrected chi connectivity index (χ1v) is 2.73. The summed E-state index contributed by atoms with van der Waals surface area (Å²) < 4.78 is 28.5. The molecule has 0 aromatic heterocycles. The van der Waals surface area contributed by atoms with E-state index in [-0.39, 0.29) is 6.08 Å². The minimum absolute atomic E-state index is 0.189. The molecule has 0 fully saturated rings. The molecule has 64 valence electrons. The maximum Gasteiger partial charge on any atom is 0.341 e. The lowest BCUT2D eigenvalue weighted by Crippen LogP contribution is -2.38. The van der Waals surface area contributed by atoms with Crippen LogP contribution in [0.1, 0.15) is 0 Å². The number of aliphatic hydroxyl groups is 1. The Labute approximate surface area is 62.3 Å². The highest BCUT2D eigenvalue weighted by Gasteiger charge is 2.41. The Hall–Kier alpha value is -0.970. The van der Waals surface area contributed by atoms with Crippen molar-refractivity contribution in [3.8, 4) is 0 Å². The van der Waals surface area contributed by atoms with Crippen LogP contribution < -0.4 is 0 Å². The van der Waals surface area contributed by atoms with Crippen molar-refractivity contribution in [1.29, 1.82) is 0 Å². The maximum absolute atomic E-state index is 12.3. The van der Waals surface area contributed by atoms with Crippen LogP contribution in [-0.2, 0) is 9.53 Å². The second-order valence-corrected chi connectivity index (χ2v) is 1.80. The fourth-order valence-corrected chi connectivity index (χ4v) is 0.380.